The second kappa shape index (κ2) is 10.9. The zero-order valence-corrected chi connectivity index (χ0v) is 22.4. The summed E-state index contributed by atoms with van der Waals surface area (Å²) in [4.78, 5) is 45.2. The van der Waals surface area contributed by atoms with Crippen molar-refractivity contribution in [1.29, 1.82) is 0 Å². The number of carbonyl (C=O) groups is 3. The second-order valence-corrected chi connectivity index (χ2v) is 11.1. The van der Waals surface area contributed by atoms with E-state index >= 15 is 0 Å². The molecule has 4 aliphatic heterocycles. The number of morpholine rings is 1. The van der Waals surface area contributed by atoms with Crippen LogP contribution in [0, 0.1) is 11.8 Å². The predicted octanol–water partition coefficient (Wildman–Crippen LogP) is 0.287. The summed E-state index contributed by atoms with van der Waals surface area (Å²) in [5.74, 6) is -2.25. The third kappa shape index (κ3) is 4.51. The van der Waals surface area contributed by atoms with Gasteiger partial charge in [0.1, 0.15) is 11.6 Å². The highest BCUT2D eigenvalue weighted by Gasteiger charge is 2.78. The van der Waals surface area contributed by atoms with Crippen molar-refractivity contribution < 1.29 is 29.0 Å². The van der Waals surface area contributed by atoms with Crippen LogP contribution in [0.1, 0.15) is 38.7 Å². The van der Waals surface area contributed by atoms with Crippen molar-refractivity contribution in [1.82, 2.24) is 20.4 Å². The molecular weight excluding hydrogens is 488 g/mol. The minimum atomic E-state index is -1.09. The normalized spacial score (nSPS) is 33.3. The molecule has 3 amide bonds. The van der Waals surface area contributed by atoms with Gasteiger partial charge in [-0.1, -0.05) is 37.3 Å². The maximum atomic E-state index is 14.0. The van der Waals surface area contributed by atoms with Gasteiger partial charge >= 0.3 is 0 Å². The van der Waals surface area contributed by atoms with Gasteiger partial charge < -0.3 is 30.1 Å². The number of hydrogen-bond acceptors (Lipinski definition) is 7. The molecule has 2 bridgehead atoms. The third-order valence-corrected chi connectivity index (χ3v) is 9.03. The van der Waals surface area contributed by atoms with Crippen LogP contribution in [-0.2, 0) is 30.4 Å². The van der Waals surface area contributed by atoms with Crippen LogP contribution in [0.2, 0.25) is 0 Å². The van der Waals surface area contributed by atoms with E-state index in [1.165, 1.54) is 4.90 Å². The fraction of sp³-hybridized carbons (Fsp3) is 0.679. The van der Waals surface area contributed by atoms with Crippen LogP contribution in [0.5, 0.6) is 0 Å². The molecule has 0 radical (unpaired) electrons. The van der Waals surface area contributed by atoms with E-state index in [1.54, 1.807) is 6.92 Å². The number of nitrogens with one attached hydrogen (secondary N) is 2. The van der Waals surface area contributed by atoms with E-state index in [-0.39, 0.29) is 24.3 Å². The highest BCUT2D eigenvalue weighted by molar-refractivity contribution is 5.99. The first-order valence-corrected chi connectivity index (χ1v) is 13.9. The van der Waals surface area contributed by atoms with Crippen molar-refractivity contribution in [2.24, 2.45) is 11.8 Å². The Labute approximate surface area is 224 Å². The second-order valence-electron chi connectivity index (χ2n) is 11.1. The zero-order chi connectivity index (χ0) is 26.9. The van der Waals surface area contributed by atoms with Crippen molar-refractivity contribution in [3.05, 3.63) is 35.9 Å². The van der Waals surface area contributed by atoms with E-state index in [2.05, 4.69) is 15.5 Å². The predicted molar refractivity (Wildman–Crippen MR) is 139 cm³/mol. The Balaban J connectivity index is 1.38. The van der Waals surface area contributed by atoms with Gasteiger partial charge in [-0.25, -0.2) is 0 Å². The van der Waals surface area contributed by atoms with Crippen LogP contribution < -0.4 is 10.6 Å². The van der Waals surface area contributed by atoms with E-state index < -0.39 is 35.1 Å². The van der Waals surface area contributed by atoms with Gasteiger partial charge in [-0.2, -0.15) is 0 Å². The molecule has 1 aromatic rings. The lowest BCUT2D eigenvalue weighted by atomic mass is 9.65. The van der Waals surface area contributed by atoms with Crippen molar-refractivity contribution >= 4 is 17.7 Å². The van der Waals surface area contributed by atoms with Crippen molar-refractivity contribution in [2.75, 3.05) is 46.0 Å². The Kier molecular flexibility index (Phi) is 7.77. The zero-order valence-electron chi connectivity index (χ0n) is 22.4. The van der Waals surface area contributed by atoms with Gasteiger partial charge in [0.25, 0.3) is 0 Å². The maximum absolute atomic E-state index is 14.0. The number of aliphatic hydroxyl groups excluding tert-OH is 1. The number of carbonyl (C=O) groups excluding carboxylic acids is 3. The summed E-state index contributed by atoms with van der Waals surface area (Å²) in [6.07, 6.45) is 1.70. The van der Waals surface area contributed by atoms with Gasteiger partial charge in [0, 0.05) is 32.7 Å². The first-order chi connectivity index (χ1) is 18.4. The SMILES string of the molecule is CC[C@@]12CCC3(O1)C(C(=O)NCCN1CCOCC1)N([C@H](C)CO)C(=O)[C@@H]3[C@@H]2C(=O)NCc1ccccc1. The molecule has 4 fully saturated rings. The highest BCUT2D eigenvalue weighted by Crippen LogP contribution is 2.64. The average Bonchev–Trinajstić information content (AvgIpc) is 3.56. The molecular formula is C28H40N4O6. The molecule has 6 atom stereocenters. The standard InChI is InChI=1S/C28H40N4O6/c1-3-27-9-10-28(38-27)22(21(27)24(34)30-17-20-7-5-4-6-8-20)26(36)32(19(2)18-33)23(28)25(35)29-11-12-31-13-15-37-16-14-31/h4-8,19,21-23,33H,3,9-18H2,1-2H3,(H,29,35)(H,30,34)/t19-,21-,22+,23?,27+,28?/m1/s1. The Morgan fingerprint density at radius 3 is 2.55 bits per heavy atom. The van der Waals surface area contributed by atoms with E-state index in [1.807, 2.05) is 37.3 Å². The molecule has 1 spiro atoms. The Bertz CT molecular complexity index is 1030. The Hall–Kier alpha value is -2.53. The van der Waals surface area contributed by atoms with E-state index in [0.717, 1.165) is 18.7 Å². The smallest absolute Gasteiger partial charge is 0.245 e. The van der Waals surface area contributed by atoms with Crippen LogP contribution in [0.15, 0.2) is 30.3 Å². The number of rotatable bonds is 10. The van der Waals surface area contributed by atoms with Crippen LogP contribution in [-0.4, -0.2) is 102 Å². The maximum Gasteiger partial charge on any atom is 0.245 e. The summed E-state index contributed by atoms with van der Waals surface area (Å²) in [6, 6.07) is 8.17. The lowest BCUT2D eigenvalue weighted by Gasteiger charge is -2.36. The van der Waals surface area contributed by atoms with E-state index in [4.69, 9.17) is 9.47 Å². The van der Waals surface area contributed by atoms with Gasteiger partial charge in [0.2, 0.25) is 17.7 Å². The Morgan fingerprint density at radius 2 is 1.87 bits per heavy atom. The van der Waals surface area contributed by atoms with Crippen LogP contribution in [0.4, 0.5) is 0 Å². The molecule has 10 nitrogen and oxygen atoms in total. The van der Waals surface area contributed by atoms with Gasteiger partial charge in [0.05, 0.1) is 43.3 Å². The van der Waals surface area contributed by atoms with E-state index in [9.17, 15) is 19.5 Å². The minimum Gasteiger partial charge on any atom is -0.394 e. The molecule has 0 aromatic heterocycles. The largest absolute Gasteiger partial charge is 0.394 e. The molecule has 38 heavy (non-hydrogen) atoms. The van der Waals surface area contributed by atoms with Gasteiger partial charge in [-0.05, 0) is 31.7 Å². The van der Waals surface area contributed by atoms with E-state index in [0.29, 0.717) is 52.1 Å². The number of aliphatic hydroxyl groups is 1. The minimum absolute atomic E-state index is 0.222. The van der Waals surface area contributed by atoms with Gasteiger partial charge in [-0.3, -0.25) is 19.3 Å². The fourth-order valence-corrected chi connectivity index (χ4v) is 7.07. The van der Waals surface area contributed by atoms with Crippen molar-refractivity contribution in [2.45, 2.75) is 62.9 Å². The summed E-state index contributed by atoms with van der Waals surface area (Å²) in [7, 11) is 0. The fourth-order valence-electron chi connectivity index (χ4n) is 7.07. The molecule has 5 rings (SSSR count). The summed E-state index contributed by atoms with van der Waals surface area (Å²) in [5, 5.41) is 16.1. The number of likely N-dealkylation sites (tertiary alicyclic amines) is 1. The molecule has 3 N–H and O–H groups in total. The number of nitrogens with zero attached hydrogens (tertiary/aromatic N) is 2. The van der Waals surface area contributed by atoms with Crippen LogP contribution in [0.3, 0.4) is 0 Å². The lowest BCUT2D eigenvalue weighted by Crippen LogP contribution is -2.58. The first-order valence-electron chi connectivity index (χ1n) is 13.9. The summed E-state index contributed by atoms with van der Waals surface area (Å²) < 4.78 is 12.1. The molecule has 1 aromatic carbocycles. The number of ether oxygens (including phenoxy) is 2. The van der Waals surface area contributed by atoms with Gasteiger partial charge in [-0.15, -0.1) is 0 Å². The summed E-state index contributed by atoms with van der Waals surface area (Å²) >= 11 is 0. The average molecular weight is 529 g/mol. The number of amides is 3. The number of benzene rings is 1. The first kappa shape index (κ1) is 27.1. The molecule has 208 valence electrons. The molecule has 10 heteroatoms. The monoisotopic (exact) mass is 528 g/mol. The lowest BCUT2D eigenvalue weighted by molar-refractivity contribution is -0.150. The quantitative estimate of drug-likeness (QED) is 0.399. The number of hydrogen-bond donors (Lipinski definition) is 3. The highest BCUT2D eigenvalue weighted by atomic mass is 16.5. The van der Waals surface area contributed by atoms with Crippen molar-refractivity contribution in [3.8, 4) is 0 Å². The molecule has 0 aliphatic carbocycles. The van der Waals surface area contributed by atoms with Crippen LogP contribution in [0.25, 0.3) is 0 Å². The Morgan fingerprint density at radius 1 is 1.13 bits per heavy atom. The molecule has 0 saturated carbocycles. The third-order valence-electron chi connectivity index (χ3n) is 9.03. The topological polar surface area (TPSA) is 120 Å². The van der Waals surface area contributed by atoms with Crippen LogP contribution >= 0.6 is 0 Å². The number of fused-ring (bicyclic) bond motifs is 1. The molecule has 2 unspecified atom stereocenters. The van der Waals surface area contributed by atoms with Crippen molar-refractivity contribution in [3.63, 3.8) is 0 Å². The summed E-state index contributed by atoms with van der Waals surface area (Å²) in [6.45, 7) is 7.90. The molecule has 4 heterocycles. The molecule has 4 saturated heterocycles. The van der Waals surface area contributed by atoms with Gasteiger partial charge in [0.15, 0.2) is 0 Å². The molecule has 4 aliphatic rings. The summed E-state index contributed by atoms with van der Waals surface area (Å²) in [5.41, 5.74) is -0.910.